The minimum atomic E-state index is -0.177. The zero-order valence-electron chi connectivity index (χ0n) is 17.6. The molecule has 31 heavy (non-hydrogen) atoms. The molecule has 0 radical (unpaired) electrons. The fraction of sp³-hybridized carbons (Fsp3) is 0.409. The molecule has 0 aliphatic heterocycles. The van der Waals surface area contributed by atoms with Crippen molar-refractivity contribution in [3.63, 3.8) is 0 Å². The van der Waals surface area contributed by atoms with Gasteiger partial charge in [0.25, 0.3) is 5.91 Å². The molecule has 0 atom stereocenters. The Balaban J connectivity index is 1.62. The fourth-order valence-electron chi connectivity index (χ4n) is 3.79. The van der Waals surface area contributed by atoms with Crippen LogP contribution in [-0.4, -0.2) is 36.9 Å². The van der Waals surface area contributed by atoms with E-state index in [0.29, 0.717) is 27.3 Å². The topological polar surface area (TPSA) is 85.6 Å². The molecular formula is C22H25ClN6OS. The van der Waals surface area contributed by atoms with Gasteiger partial charge in [0.15, 0.2) is 10.9 Å². The number of thioether (sulfide) groups is 1. The van der Waals surface area contributed by atoms with Crippen molar-refractivity contribution < 1.29 is 4.79 Å². The van der Waals surface area contributed by atoms with Crippen molar-refractivity contribution >= 4 is 29.3 Å². The Morgan fingerprint density at radius 2 is 1.81 bits per heavy atom. The van der Waals surface area contributed by atoms with Gasteiger partial charge < -0.3 is 5.32 Å². The average molecular weight is 457 g/mol. The summed E-state index contributed by atoms with van der Waals surface area (Å²) in [7, 11) is 0. The fourth-order valence-corrected chi connectivity index (χ4v) is 4.86. The third kappa shape index (κ3) is 5.43. The molecule has 7 nitrogen and oxygen atoms in total. The van der Waals surface area contributed by atoms with Crippen LogP contribution in [0.15, 0.2) is 35.5 Å². The van der Waals surface area contributed by atoms with Crippen molar-refractivity contribution in [2.75, 3.05) is 0 Å². The number of aryl methyl sites for hydroxylation is 2. The van der Waals surface area contributed by atoms with Gasteiger partial charge in [0.1, 0.15) is 0 Å². The second kappa shape index (κ2) is 9.78. The quantitative estimate of drug-likeness (QED) is 0.428. The zero-order valence-corrected chi connectivity index (χ0v) is 19.2. The Kier molecular flexibility index (Phi) is 6.87. The predicted molar refractivity (Wildman–Crippen MR) is 122 cm³/mol. The van der Waals surface area contributed by atoms with E-state index in [2.05, 4.69) is 25.6 Å². The van der Waals surface area contributed by atoms with Crippen LogP contribution in [0, 0.1) is 13.8 Å². The lowest BCUT2D eigenvalue weighted by Gasteiger charge is -2.22. The number of hydrogen-bond donors (Lipinski definition) is 1. The second-order valence-corrected chi connectivity index (χ2v) is 9.18. The van der Waals surface area contributed by atoms with Gasteiger partial charge in [0.05, 0.1) is 11.4 Å². The van der Waals surface area contributed by atoms with Gasteiger partial charge in [-0.2, -0.15) is 0 Å². The summed E-state index contributed by atoms with van der Waals surface area (Å²) in [5, 5.41) is 13.0. The van der Waals surface area contributed by atoms with E-state index < -0.39 is 0 Å². The first kappa shape index (κ1) is 21.8. The molecule has 2 aromatic heterocycles. The van der Waals surface area contributed by atoms with E-state index in [9.17, 15) is 4.79 Å². The van der Waals surface area contributed by atoms with E-state index in [4.69, 9.17) is 11.6 Å². The van der Waals surface area contributed by atoms with Crippen LogP contribution < -0.4 is 5.32 Å². The molecule has 3 aromatic rings. The molecule has 0 spiro atoms. The number of nitrogens with one attached hydrogen (secondary N) is 1. The molecule has 1 N–H and O–H groups in total. The minimum Gasteiger partial charge on any atom is -0.348 e. The van der Waals surface area contributed by atoms with Gasteiger partial charge >= 0.3 is 0 Å². The van der Waals surface area contributed by atoms with Crippen LogP contribution in [-0.2, 0) is 5.75 Å². The van der Waals surface area contributed by atoms with Crippen LogP contribution in [0.2, 0.25) is 5.02 Å². The number of amides is 1. The molecule has 2 heterocycles. The van der Waals surface area contributed by atoms with Gasteiger partial charge in [-0.1, -0.05) is 47.8 Å². The van der Waals surface area contributed by atoms with E-state index in [1.165, 1.54) is 18.2 Å². The smallest absolute Gasteiger partial charge is 0.274 e. The van der Waals surface area contributed by atoms with Crippen molar-refractivity contribution in [1.82, 2.24) is 30.3 Å². The average Bonchev–Trinajstić information content (AvgIpc) is 3.17. The maximum atomic E-state index is 13.1. The Hall–Kier alpha value is -2.45. The van der Waals surface area contributed by atoms with Gasteiger partial charge in [-0.25, -0.2) is 14.6 Å². The molecule has 162 valence electrons. The van der Waals surface area contributed by atoms with E-state index in [-0.39, 0.29) is 11.9 Å². The van der Waals surface area contributed by atoms with E-state index in [1.54, 1.807) is 16.8 Å². The lowest BCUT2D eigenvalue weighted by Crippen LogP contribution is -2.36. The summed E-state index contributed by atoms with van der Waals surface area (Å²) in [6, 6.07) is 9.45. The number of benzene rings is 1. The number of carbonyl (C=O) groups is 1. The van der Waals surface area contributed by atoms with Crippen LogP contribution >= 0.6 is 23.4 Å². The first-order chi connectivity index (χ1) is 15.0. The van der Waals surface area contributed by atoms with E-state index in [1.807, 2.05) is 32.0 Å². The molecule has 1 aliphatic carbocycles. The Morgan fingerprint density at radius 1 is 1.13 bits per heavy atom. The summed E-state index contributed by atoms with van der Waals surface area (Å²) in [6.45, 7) is 3.89. The number of hydrogen-bond acceptors (Lipinski definition) is 6. The Morgan fingerprint density at radius 3 is 2.48 bits per heavy atom. The highest BCUT2D eigenvalue weighted by Gasteiger charge is 2.24. The molecule has 1 aliphatic rings. The first-order valence-corrected chi connectivity index (χ1v) is 11.8. The number of carbonyl (C=O) groups excluding carboxylic acids is 1. The SMILES string of the molecule is Cc1cc(C)nc(SCc2c(C(=O)NC3CCCCC3)nnn2-c2ccc(Cl)cc2)n1. The van der Waals surface area contributed by atoms with Gasteiger partial charge in [0, 0.05) is 28.2 Å². The summed E-state index contributed by atoms with van der Waals surface area (Å²) in [6.07, 6.45) is 5.55. The molecule has 9 heteroatoms. The van der Waals surface area contributed by atoms with Crippen molar-refractivity contribution in [3.05, 3.63) is 58.1 Å². The molecule has 0 unspecified atom stereocenters. The maximum Gasteiger partial charge on any atom is 0.274 e. The third-order valence-corrected chi connectivity index (χ3v) is 6.40. The summed E-state index contributed by atoms with van der Waals surface area (Å²) >= 11 is 7.51. The third-order valence-electron chi connectivity index (χ3n) is 5.29. The summed E-state index contributed by atoms with van der Waals surface area (Å²) in [5.41, 5.74) is 3.68. The Bertz CT molecular complexity index is 1040. The first-order valence-electron chi connectivity index (χ1n) is 10.5. The van der Waals surface area contributed by atoms with Gasteiger partial charge in [-0.3, -0.25) is 4.79 Å². The summed E-state index contributed by atoms with van der Waals surface area (Å²) in [4.78, 5) is 22.1. The normalized spacial score (nSPS) is 14.5. The van der Waals surface area contributed by atoms with Crippen LogP contribution in [0.5, 0.6) is 0 Å². The highest BCUT2D eigenvalue weighted by molar-refractivity contribution is 7.98. The summed E-state index contributed by atoms with van der Waals surface area (Å²) < 4.78 is 1.70. The van der Waals surface area contributed by atoms with E-state index >= 15 is 0 Å². The maximum absolute atomic E-state index is 13.1. The highest BCUT2D eigenvalue weighted by Crippen LogP contribution is 2.25. The van der Waals surface area contributed by atoms with Crippen LogP contribution in [0.1, 0.15) is 59.7 Å². The number of nitrogens with zero attached hydrogens (tertiary/aromatic N) is 5. The lowest BCUT2D eigenvalue weighted by atomic mass is 9.95. The standard InChI is InChI=1S/C22H25ClN6OS/c1-14-12-15(2)25-22(24-14)31-13-19-20(21(30)26-17-6-4-3-5-7-17)27-28-29(19)18-10-8-16(23)9-11-18/h8-12,17H,3-7,13H2,1-2H3,(H,26,30). The second-order valence-electron chi connectivity index (χ2n) is 7.80. The number of halogens is 1. The van der Waals surface area contributed by atoms with Crippen LogP contribution in [0.4, 0.5) is 0 Å². The van der Waals surface area contributed by atoms with E-state index in [0.717, 1.165) is 42.8 Å². The minimum absolute atomic E-state index is 0.177. The zero-order chi connectivity index (χ0) is 21.8. The molecule has 1 fully saturated rings. The van der Waals surface area contributed by atoms with Gasteiger partial charge in [-0.15, -0.1) is 5.10 Å². The molecule has 1 saturated carbocycles. The summed E-state index contributed by atoms with van der Waals surface area (Å²) in [5.74, 6) is 0.287. The van der Waals surface area contributed by atoms with Crippen molar-refractivity contribution in [3.8, 4) is 5.69 Å². The lowest BCUT2D eigenvalue weighted by molar-refractivity contribution is 0.0922. The molecule has 0 saturated heterocycles. The van der Waals surface area contributed by atoms with Crippen molar-refractivity contribution in [1.29, 1.82) is 0 Å². The van der Waals surface area contributed by atoms with Crippen molar-refractivity contribution in [2.45, 2.75) is 62.9 Å². The molecule has 1 amide bonds. The van der Waals surface area contributed by atoms with Gasteiger partial charge in [0.2, 0.25) is 0 Å². The molecule has 4 rings (SSSR count). The van der Waals surface area contributed by atoms with Crippen LogP contribution in [0.3, 0.4) is 0 Å². The monoisotopic (exact) mass is 456 g/mol. The highest BCUT2D eigenvalue weighted by atomic mass is 35.5. The van der Waals surface area contributed by atoms with Crippen molar-refractivity contribution in [2.24, 2.45) is 0 Å². The number of aromatic nitrogens is 5. The molecule has 0 bridgehead atoms. The largest absolute Gasteiger partial charge is 0.348 e. The molecular weight excluding hydrogens is 432 g/mol. The molecule has 1 aromatic carbocycles. The van der Waals surface area contributed by atoms with Crippen LogP contribution in [0.25, 0.3) is 5.69 Å². The van der Waals surface area contributed by atoms with Gasteiger partial charge in [-0.05, 0) is 57.0 Å². The Labute approximate surface area is 191 Å². The predicted octanol–water partition coefficient (Wildman–Crippen LogP) is 4.68. The number of rotatable bonds is 6.